The zero-order chi connectivity index (χ0) is 13.1. The average molecular weight is 356 g/mol. The van der Waals surface area contributed by atoms with Crippen LogP contribution in [0.3, 0.4) is 0 Å². The summed E-state index contributed by atoms with van der Waals surface area (Å²) in [4.78, 5) is 0. The summed E-state index contributed by atoms with van der Waals surface area (Å²) in [7, 11) is 0. The number of rotatable bonds is 3. The van der Waals surface area contributed by atoms with Gasteiger partial charge in [-0.05, 0) is 47.2 Å². The maximum absolute atomic E-state index is 13.9. The van der Waals surface area contributed by atoms with E-state index in [-0.39, 0.29) is 11.9 Å². The Labute approximate surface area is 120 Å². The molecule has 1 atom stereocenters. The molecule has 0 fully saturated rings. The number of hydrogen-bond donors (Lipinski definition) is 2. The van der Waals surface area contributed by atoms with Crippen LogP contribution in [0.25, 0.3) is 0 Å². The van der Waals surface area contributed by atoms with Gasteiger partial charge in [0.1, 0.15) is 5.82 Å². The van der Waals surface area contributed by atoms with Gasteiger partial charge in [-0.2, -0.15) is 0 Å². The molecule has 0 aliphatic rings. The van der Waals surface area contributed by atoms with E-state index in [2.05, 4.69) is 28.0 Å². The van der Waals surface area contributed by atoms with Crippen molar-refractivity contribution < 1.29 is 4.39 Å². The number of aryl methyl sites for hydroxylation is 1. The normalized spacial score (nSPS) is 12.4. The molecule has 4 heteroatoms. The molecule has 1 unspecified atom stereocenters. The molecule has 0 radical (unpaired) electrons. The Balaban J connectivity index is 2.52. The molecular formula is C14H14FIN2. The van der Waals surface area contributed by atoms with Crippen LogP contribution in [0.5, 0.6) is 0 Å². The third-order valence-corrected chi connectivity index (χ3v) is 3.83. The van der Waals surface area contributed by atoms with Gasteiger partial charge in [-0.1, -0.05) is 35.9 Å². The van der Waals surface area contributed by atoms with E-state index in [9.17, 15) is 4.39 Å². The van der Waals surface area contributed by atoms with Crippen LogP contribution in [-0.4, -0.2) is 0 Å². The highest BCUT2D eigenvalue weighted by Gasteiger charge is 2.18. The second kappa shape index (κ2) is 5.77. The molecule has 0 amide bonds. The quantitative estimate of drug-likeness (QED) is 0.503. The van der Waals surface area contributed by atoms with E-state index in [1.165, 1.54) is 6.07 Å². The van der Waals surface area contributed by atoms with Gasteiger partial charge in [0.15, 0.2) is 0 Å². The van der Waals surface area contributed by atoms with Crippen molar-refractivity contribution in [1.29, 1.82) is 0 Å². The fourth-order valence-electron chi connectivity index (χ4n) is 1.94. The van der Waals surface area contributed by atoms with Crippen LogP contribution in [0.4, 0.5) is 4.39 Å². The average Bonchev–Trinajstić information content (AvgIpc) is 2.36. The van der Waals surface area contributed by atoms with Gasteiger partial charge in [0.2, 0.25) is 0 Å². The van der Waals surface area contributed by atoms with Crippen molar-refractivity contribution in [2.45, 2.75) is 13.0 Å². The first-order valence-corrected chi connectivity index (χ1v) is 6.68. The Morgan fingerprint density at radius 2 is 1.89 bits per heavy atom. The maximum Gasteiger partial charge on any atom is 0.128 e. The summed E-state index contributed by atoms with van der Waals surface area (Å²) in [5.41, 5.74) is 5.26. The monoisotopic (exact) mass is 356 g/mol. The van der Waals surface area contributed by atoms with E-state index in [0.717, 1.165) is 14.7 Å². The number of nitrogens with two attached hydrogens (primary N) is 1. The van der Waals surface area contributed by atoms with E-state index < -0.39 is 0 Å². The number of hydrazine groups is 1. The lowest BCUT2D eigenvalue weighted by Gasteiger charge is -2.19. The zero-order valence-electron chi connectivity index (χ0n) is 9.95. The smallest absolute Gasteiger partial charge is 0.128 e. The maximum atomic E-state index is 13.9. The summed E-state index contributed by atoms with van der Waals surface area (Å²) in [5, 5.41) is 0. The van der Waals surface area contributed by atoms with Crippen molar-refractivity contribution in [2.24, 2.45) is 5.84 Å². The first kappa shape index (κ1) is 13.5. The highest BCUT2D eigenvalue weighted by molar-refractivity contribution is 14.1. The lowest BCUT2D eigenvalue weighted by Crippen LogP contribution is -2.30. The van der Waals surface area contributed by atoms with Crippen LogP contribution >= 0.6 is 22.6 Å². The lowest BCUT2D eigenvalue weighted by atomic mass is 9.97. The standard InChI is InChI=1S/C14H14FIN2/c1-9-6-7-12(15)11(8-9)14(18-17)10-4-2-3-5-13(10)16/h2-8,14,18H,17H2,1H3. The van der Waals surface area contributed by atoms with Crippen LogP contribution in [0.2, 0.25) is 0 Å². The Kier molecular flexibility index (Phi) is 4.31. The van der Waals surface area contributed by atoms with E-state index in [0.29, 0.717) is 5.56 Å². The molecule has 94 valence electrons. The molecule has 2 aromatic rings. The third kappa shape index (κ3) is 2.71. The van der Waals surface area contributed by atoms with E-state index in [1.807, 2.05) is 37.3 Å². The first-order valence-electron chi connectivity index (χ1n) is 5.60. The van der Waals surface area contributed by atoms with Gasteiger partial charge >= 0.3 is 0 Å². The Morgan fingerprint density at radius 3 is 2.56 bits per heavy atom. The molecule has 0 aliphatic carbocycles. The van der Waals surface area contributed by atoms with Crippen LogP contribution in [-0.2, 0) is 0 Å². The van der Waals surface area contributed by atoms with Gasteiger partial charge < -0.3 is 0 Å². The predicted molar refractivity (Wildman–Crippen MR) is 79.5 cm³/mol. The predicted octanol–water partition coefficient (Wildman–Crippen LogP) is 3.29. The molecule has 0 aliphatic heterocycles. The zero-order valence-corrected chi connectivity index (χ0v) is 12.1. The van der Waals surface area contributed by atoms with Gasteiger partial charge in [-0.15, -0.1) is 0 Å². The van der Waals surface area contributed by atoms with Crippen molar-refractivity contribution in [1.82, 2.24) is 5.43 Å². The molecule has 2 aromatic carbocycles. The highest BCUT2D eigenvalue weighted by atomic mass is 127. The minimum Gasteiger partial charge on any atom is -0.271 e. The summed E-state index contributed by atoms with van der Waals surface area (Å²) >= 11 is 2.23. The van der Waals surface area contributed by atoms with E-state index in [1.54, 1.807) is 6.07 Å². The highest BCUT2D eigenvalue weighted by Crippen LogP contribution is 2.27. The lowest BCUT2D eigenvalue weighted by molar-refractivity contribution is 0.558. The van der Waals surface area contributed by atoms with Gasteiger partial charge in [-0.25, -0.2) is 9.82 Å². The third-order valence-electron chi connectivity index (χ3n) is 2.85. The second-order valence-corrected chi connectivity index (χ2v) is 5.31. The van der Waals surface area contributed by atoms with Gasteiger partial charge in [-0.3, -0.25) is 5.84 Å². The molecule has 0 bridgehead atoms. The van der Waals surface area contributed by atoms with E-state index in [4.69, 9.17) is 5.84 Å². The molecule has 0 saturated carbocycles. The van der Waals surface area contributed by atoms with Gasteiger partial charge in [0, 0.05) is 9.13 Å². The molecule has 0 spiro atoms. The van der Waals surface area contributed by atoms with Crippen molar-refractivity contribution >= 4 is 22.6 Å². The Bertz CT molecular complexity index is 557. The number of nitrogens with one attached hydrogen (secondary N) is 1. The summed E-state index contributed by atoms with van der Waals surface area (Å²) in [6.07, 6.45) is 0. The second-order valence-electron chi connectivity index (χ2n) is 4.15. The van der Waals surface area contributed by atoms with Crippen LogP contribution in [0.1, 0.15) is 22.7 Å². The molecule has 0 aromatic heterocycles. The fourth-order valence-corrected chi connectivity index (χ4v) is 2.64. The van der Waals surface area contributed by atoms with Crippen molar-refractivity contribution in [3.05, 3.63) is 68.5 Å². The van der Waals surface area contributed by atoms with Crippen molar-refractivity contribution in [3.8, 4) is 0 Å². The van der Waals surface area contributed by atoms with Crippen LogP contribution in [0.15, 0.2) is 42.5 Å². The van der Waals surface area contributed by atoms with E-state index >= 15 is 0 Å². The summed E-state index contributed by atoms with van der Waals surface area (Å²) in [5.74, 6) is 5.36. The van der Waals surface area contributed by atoms with Crippen molar-refractivity contribution in [2.75, 3.05) is 0 Å². The SMILES string of the molecule is Cc1ccc(F)c(C(NN)c2ccccc2I)c1. The molecular weight excluding hydrogens is 342 g/mol. The Hall–Kier alpha value is -0.980. The molecule has 0 heterocycles. The number of halogens is 2. The summed E-state index contributed by atoms with van der Waals surface area (Å²) < 4.78 is 15.0. The molecule has 0 saturated heterocycles. The largest absolute Gasteiger partial charge is 0.271 e. The van der Waals surface area contributed by atoms with Gasteiger partial charge in [0.05, 0.1) is 6.04 Å². The number of benzene rings is 2. The molecule has 3 N–H and O–H groups in total. The van der Waals surface area contributed by atoms with Crippen LogP contribution in [0, 0.1) is 16.3 Å². The molecule has 18 heavy (non-hydrogen) atoms. The minimum absolute atomic E-state index is 0.247. The van der Waals surface area contributed by atoms with Gasteiger partial charge in [0.25, 0.3) is 0 Å². The molecule has 2 nitrogen and oxygen atoms in total. The number of hydrogen-bond acceptors (Lipinski definition) is 2. The topological polar surface area (TPSA) is 38.0 Å². The summed E-state index contributed by atoms with van der Waals surface area (Å²) in [6.45, 7) is 1.94. The fraction of sp³-hybridized carbons (Fsp3) is 0.143. The molecule has 2 rings (SSSR count). The minimum atomic E-state index is -0.335. The summed E-state index contributed by atoms with van der Waals surface area (Å²) in [6, 6.07) is 12.5. The Morgan fingerprint density at radius 1 is 1.17 bits per heavy atom. The van der Waals surface area contributed by atoms with Crippen molar-refractivity contribution in [3.63, 3.8) is 0 Å². The van der Waals surface area contributed by atoms with Crippen LogP contribution < -0.4 is 11.3 Å². The first-order chi connectivity index (χ1) is 8.63.